The van der Waals surface area contributed by atoms with Crippen LogP contribution in [0.4, 0.5) is 13.2 Å². The molecule has 8 nitrogen and oxygen atoms in total. The maximum Gasteiger partial charge on any atom is 0.416 e. The van der Waals surface area contributed by atoms with Crippen LogP contribution in [-0.2, 0) is 33.8 Å². The van der Waals surface area contributed by atoms with Gasteiger partial charge in [0.15, 0.2) is 0 Å². The van der Waals surface area contributed by atoms with Crippen molar-refractivity contribution in [2.24, 2.45) is 5.92 Å². The lowest BCUT2D eigenvalue weighted by atomic mass is 9.88. The third kappa shape index (κ3) is 8.75. The number of methoxy groups -OCH3 is 1. The van der Waals surface area contributed by atoms with Crippen LogP contribution in [-0.4, -0.2) is 67.8 Å². The van der Waals surface area contributed by atoms with Crippen molar-refractivity contribution >= 4 is 22.1 Å². The molecule has 0 fully saturated rings. The van der Waals surface area contributed by atoms with Gasteiger partial charge in [0.05, 0.1) is 23.7 Å². The van der Waals surface area contributed by atoms with Crippen LogP contribution in [0.3, 0.4) is 0 Å². The monoisotopic (exact) mass is 660 g/mol. The number of benzene rings is 3. The largest absolute Gasteiger partial charge is 0.496 e. The standard InChI is InChI=1S/C34H39F3N2O6S/c1-33(2,19-22-13-23-7-5-6-8-24(23)14-22)38-20-29(40)21-39(3)46(43,44)30-17-27(16-28(18-30)34(35,36)37)25-9-11-31(45-4)26(15-25)10-12-32(41)42/h5-12,15-18,22,29,38,40H,13-14,19-21H2,1-4H3,(H,41,42). The number of aliphatic carboxylic acids is 1. The molecule has 0 saturated carbocycles. The highest BCUT2D eigenvalue weighted by molar-refractivity contribution is 7.89. The Kier molecular flexibility index (Phi) is 10.7. The predicted molar refractivity (Wildman–Crippen MR) is 170 cm³/mol. The van der Waals surface area contributed by atoms with Crippen molar-refractivity contribution in [1.82, 2.24) is 9.62 Å². The van der Waals surface area contributed by atoms with Crippen molar-refractivity contribution in [3.05, 3.63) is 89.0 Å². The fraction of sp³-hybridized carbons (Fsp3) is 0.382. The first-order valence-electron chi connectivity index (χ1n) is 14.8. The highest BCUT2D eigenvalue weighted by Crippen LogP contribution is 2.37. The van der Waals surface area contributed by atoms with Crippen LogP contribution in [0.15, 0.2) is 71.6 Å². The van der Waals surface area contributed by atoms with E-state index >= 15 is 0 Å². The van der Waals surface area contributed by atoms with Gasteiger partial charge < -0.3 is 20.3 Å². The Morgan fingerprint density at radius 2 is 1.72 bits per heavy atom. The predicted octanol–water partition coefficient (Wildman–Crippen LogP) is 5.63. The van der Waals surface area contributed by atoms with Gasteiger partial charge in [-0.05, 0) is 97.7 Å². The van der Waals surface area contributed by atoms with Gasteiger partial charge in [-0.3, -0.25) is 0 Å². The zero-order valence-electron chi connectivity index (χ0n) is 26.1. The lowest BCUT2D eigenvalue weighted by Crippen LogP contribution is -2.47. The average Bonchev–Trinajstić information content (AvgIpc) is 3.39. The average molecular weight is 661 g/mol. The summed E-state index contributed by atoms with van der Waals surface area (Å²) in [4.78, 5) is 10.4. The van der Waals surface area contributed by atoms with E-state index in [0.29, 0.717) is 12.0 Å². The van der Waals surface area contributed by atoms with Gasteiger partial charge in [-0.1, -0.05) is 30.3 Å². The van der Waals surface area contributed by atoms with Crippen LogP contribution >= 0.6 is 0 Å². The van der Waals surface area contributed by atoms with Crippen molar-refractivity contribution in [2.45, 2.75) is 55.8 Å². The highest BCUT2D eigenvalue weighted by atomic mass is 32.2. The molecular formula is C34H39F3N2O6S. The number of halogens is 3. The van der Waals surface area contributed by atoms with Gasteiger partial charge in [0, 0.05) is 37.3 Å². The minimum atomic E-state index is -4.85. The Bertz CT molecular complexity index is 1680. The summed E-state index contributed by atoms with van der Waals surface area (Å²) in [6.07, 6.45) is -1.11. The molecule has 3 aromatic rings. The summed E-state index contributed by atoms with van der Waals surface area (Å²) in [6.45, 7) is 3.78. The van der Waals surface area contributed by atoms with E-state index in [1.165, 1.54) is 49.6 Å². The molecular weight excluding hydrogens is 621 g/mol. The maximum absolute atomic E-state index is 14.0. The maximum atomic E-state index is 14.0. The van der Waals surface area contributed by atoms with Gasteiger partial charge in [-0.2, -0.15) is 17.5 Å². The lowest BCUT2D eigenvalue weighted by molar-refractivity contribution is -0.137. The minimum Gasteiger partial charge on any atom is -0.496 e. The number of nitrogens with one attached hydrogen (secondary N) is 1. The SMILES string of the molecule is COc1ccc(-c2cc(C(F)(F)F)cc(S(=O)(=O)N(C)CC(O)CNC(C)(C)CC3Cc4ccccc4C3)c2)cc1C=CC(=O)O. The Labute approximate surface area is 267 Å². The zero-order chi connectivity index (χ0) is 33.9. The quantitative estimate of drug-likeness (QED) is 0.204. The molecule has 1 aliphatic carbocycles. The molecule has 0 bridgehead atoms. The number of rotatable bonds is 13. The lowest BCUT2D eigenvalue weighted by Gasteiger charge is -2.31. The molecule has 4 rings (SSSR count). The van der Waals surface area contributed by atoms with E-state index in [0.717, 1.165) is 41.8 Å². The van der Waals surface area contributed by atoms with Gasteiger partial charge in [0.25, 0.3) is 0 Å². The number of hydrogen-bond donors (Lipinski definition) is 3. The molecule has 1 unspecified atom stereocenters. The van der Waals surface area contributed by atoms with E-state index < -0.39 is 38.7 Å². The smallest absolute Gasteiger partial charge is 0.416 e. The van der Waals surface area contributed by atoms with Crippen LogP contribution in [0.2, 0.25) is 0 Å². The number of likely N-dealkylation sites (N-methyl/N-ethyl adjacent to an activating group) is 1. The Morgan fingerprint density at radius 1 is 1.07 bits per heavy atom. The topological polar surface area (TPSA) is 116 Å². The van der Waals surface area contributed by atoms with E-state index in [1.54, 1.807) is 0 Å². The molecule has 1 aliphatic rings. The first kappa shape index (κ1) is 35.1. The second-order valence-electron chi connectivity index (χ2n) is 12.3. The second-order valence-corrected chi connectivity index (χ2v) is 14.4. The molecule has 0 aromatic heterocycles. The van der Waals surface area contributed by atoms with Gasteiger partial charge in [-0.25, -0.2) is 13.2 Å². The van der Waals surface area contributed by atoms with Crippen molar-refractivity contribution in [3.63, 3.8) is 0 Å². The molecule has 0 heterocycles. The summed E-state index contributed by atoms with van der Waals surface area (Å²) in [7, 11) is -1.90. The molecule has 0 radical (unpaired) electrons. The summed E-state index contributed by atoms with van der Waals surface area (Å²) < 4.78 is 75.0. The number of sulfonamides is 1. The number of nitrogens with zero attached hydrogens (tertiary/aromatic N) is 1. The second kappa shape index (κ2) is 14.0. The number of hydrogen-bond acceptors (Lipinski definition) is 6. The van der Waals surface area contributed by atoms with Crippen molar-refractivity contribution in [2.75, 3.05) is 27.2 Å². The van der Waals surface area contributed by atoms with Crippen LogP contribution in [0.1, 0.15) is 42.5 Å². The van der Waals surface area contributed by atoms with E-state index in [1.807, 2.05) is 26.0 Å². The summed E-state index contributed by atoms with van der Waals surface area (Å²) in [5.41, 5.74) is 1.61. The number of carbonyl (C=O) groups is 1. The number of aliphatic hydroxyl groups excluding tert-OH is 1. The number of alkyl halides is 3. The first-order valence-corrected chi connectivity index (χ1v) is 16.2. The van der Waals surface area contributed by atoms with Gasteiger partial charge in [0.2, 0.25) is 10.0 Å². The summed E-state index contributed by atoms with van der Waals surface area (Å²) in [5, 5.41) is 23.1. The minimum absolute atomic E-state index is 0.0487. The normalized spacial score (nSPS) is 15.0. The van der Waals surface area contributed by atoms with Crippen LogP contribution < -0.4 is 10.1 Å². The summed E-state index contributed by atoms with van der Waals surface area (Å²) >= 11 is 0. The Balaban J connectivity index is 1.50. The fourth-order valence-corrected chi connectivity index (χ4v) is 7.19. The van der Waals surface area contributed by atoms with Gasteiger partial charge >= 0.3 is 12.1 Å². The summed E-state index contributed by atoms with van der Waals surface area (Å²) in [5.74, 6) is -0.520. The Morgan fingerprint density at radius 3 is 2.30 bits per heavy atom. The molecule has 12 heteroatoms. The van der Waals surface area contributed by atoms with Crippen LogP contribution in [0.25, 0.3) is 17.2 Å². The van der Waals surface area contributed by atoms with Crippen LogP contribution in [0.5, 0.6) is 5.75 Å². The zero-order valence-corrected chi connectivity index (χ0v) is 27.0. The van der Waals surface area contributed by atoms with E-state index in [9.17, 15) is 31.5 Å². The molecule has 0 amide bonds. The first-order chi connectivity index (χ1) is 21.5. The van der Waals surface area contributed by atoms with Gasteiger partial charge in [-0.15, -0.1) is 0 Å². The van der Waals surface area contributed by atoms with E-state index in [4.69, 9.17) is 9.84 Å². The molecule has 0 aliphatic heterocycles. The number of ether oxygens (including phenoxy) is 1. The van der Waals surface area contributed by atoms with Crippen molar-refractivity contribution in [3.8, 4) is 16.9 Å². The van der Waals surface area contributed by atoms with Crippen molar-refractivity contribution < 1.29 is 41.3 Å². The molecule has 0 saturated heterocycles. The number of aliphatic hydroxyl groups is 1. The third-order valence-electron chi connectivity index (χ3n) is 8.13. The number of fused-ring (bicyclic) bond motifs is 1. The Hall–Kier alpha value is -3.71. The number of β-amino-alcohol motifs (C(OH)–C–C–N with tert-alkyl or cyclic N) is 1. The van der Waals surface area contributed by atoms with Crippen LogP contribution in [0, 0.1) is 5.92 Å². The fourth-order valence-electron chi connectivity index (χ4n) is 5.91. The third-order valence-corrected chi connectivity index (χ3v) is 9.93. The number of carboxylic acids is 1. The molecule has 3 aromatic carbocycles. The van der Waals surface area contributed by atoms with Gasteiger partial charge in [0.1, 0.15) is 5.75 Å². The molecule has 1 atom stereocenters. The summed E-state index contributed by atoms with van der Waals surface area (Å²) in [6, 6.07) is 15.2. The number of carboxylic acid groups (broad SMARTS) is 1. The van der Waals surface area contributed by atoms with E-state index in [2.05, 4.69) is 17.4 Å². The molecule has 3 N–H and O–H groups in total. The molecule has 0 spiro atoms. The highest BCUT2D eigenvalue weighted by Gasteiger charge is 2.34. The molecule has 248 valence electrons. The molecule has 46 heavy (non-hydrogen) atoms. The van der Waals surface area contributed by atoms with E-state index in [-0.39, 0.29) is 41.1 Å². The van der Waals surface area contributed by atoms with Crippen molar-refractivity contribution in [1.29, 1.82) is 0 Å².